The third kappa shape index (κ3) is 20.8. The van der Waals surface area contributed by atoms with Crippen LogP contribution in [0.3, 0.4) is 0 Å². The Morgan fingerprint density at radius 2 is 1.17 bits per heavy atom. The smallest absolute Gasteiger partial charge is 0.323 e. The van der Waals surface area contributed by atoms with Gasteiger partial charge in [-0.15, -0.1) is 0 Å². The van der Waals surface area contributed by atoms with Crippen molar-refractivity contribution in [3.8, 4) is 22.9 Å². The summed E-state index contributed by atoms with van der Waals surface area (Å²) in [4.78, 5) is 43.8. The number of carbonyl (C=O) groups is 3. The van der Waals surface area contributed by atoms with E-state index in [0.717, 1.165) is 91.8 Å². The summed E-state index contributed by atoms with van der Waals surface area (Å²) in [7, 11) is 0. The summed E-state index contributed by atoms with van der Waals surface area (Å²) in [6.07, 6.45) is 12.0. The Hall–Kier alpha value is -4.69. The molecular formula is C58H88N4O9. The summed E-state index contributed by atoms with van der Waals surface area (Å²) in [6.45, 7) is 28.9. The Balaban J connectivity index is 0.000000262. The van der Waals surface area contributed by atoms with Gasteiger partial charge >= 0.3 is 11.9 Å². The van der Waals surface area contributed by atoms with Gasteiger partial charge in [0.15, 0.2) is 0 Å². The van der Waals surface area contributed by atoms with Crippen LogP contribution in [0.2, 0.25) is 0 Å². The van der Waals surface area contributed by atoms with Crippen molar-refractivity contribution in [1.82, 2.24) is 15.3 Å². The lowest BCUT2D eigenvalue weighted by Crippen LogP contribution is -2.45. The lowest BCUT2D eigenvalue weighted by Gasteiger charge is -2.30. The number of benzene rings is 2. The van der Waals surface area contributed by atoms with Crippen molar-refractivity contribution < 1.29 is 42.2 Å². The van der Waals surface area contributed by atoms with Crippen LogP contribution in [0.1, 0.15) is 167 Å². The van der Waals surface area contributed by atoms with Gasteiger partial charge in [0.25, 0.3) is 0 Å². The molecule has 0 radical (unpaired) electrons. The number of esters is 2. The molecular weight excluding hydrogens is 897 g/mol. The molecule has 2 saturated carbocycles. The van der Waals surface area contributed by atoms with Gasteiger partial charge in [-0.05, 0) is 162 Å². The quantitative estimate of drug-likeness (QED) is 0.0711. The molecule has 4 unspecified atom stereocenters. The van der Waals surface area contributed by atoms with Crippen LogP contribution in [0, 0.1) is 51.4 Å². The van der Waals surface area contributed by atoms with Gasteiger partial charge in [0.05, 0.1) is 25.4 Å². The summed E-state index contributed by atoms with van der Waals surface area (Å²) in [5.74, 6) is 3.83. The molecule has 13 heteroatoms. The second-order valence-corrected chi connectivity index (χ2v) is 22.4. The van der Waals surface area contributed by atoms with E-state index in [1.54, 1.807) is 0 Å². The molecule has 6 atom stereocenters. The molecule has 0 bridgehead atoms. The topological polar surface area (TPSA) is 178 Å². The van der Waals surface area contributed by atoms with Crippen LogP contribution in [0.15, 0.2) is 57.4 Å². The third-order valence-electron chi connectivity index (χ3n) is 12.8. The standard InChI is InChI=1S/C29H44N2O4.C20H25NO3.C9H19NO2/c1-19(2)26(28(32)35-29(5,6)7)30-15-14-22-11-9-13-24(17-22)33-18-25-21(4)34-27(31-25)23-12-8-10-20(3)16-23;1-14-5-3-7-17(11-14)20-21-19(15(2)24-20)13-23-18-8-4-6-16(12-18)9-10-22;1-6(2)7(10)8(11)12-9(3,4)5/h8,10,12,16,19,22,24,26,30H,9,11,13-15,17-18H2,1-7H3;3,5,7,10-11,16,18H,4,6,8-9,12-13H2,1-2H3;6-7H,10H2,1-5H3/t22?,24?,26-;;7-/m0.0/s1. The lowest BCUT2D eigenvalue weighted by molar-refractivity contribution is -0.159. The van der Waals surface area contributed by atoms with Crippen LogP contribution in [-0.4, -0.2) is 70.2 Å². The highest BCUT2D eigenvalue weighted by Crippen LogP contribution is 2.32. The van der Waals surface area contributed by atoms with Crippen LogP contribution in [0.25, 0.3) is 22.9 Å². The fourth-order valence-corrected chi connectivity index (χ4v) is 8.76. The molecule has 2 aromatic carbocycles. The Bertz CT molecular complexity index is 2250. The van der Waals surface area contributed by atoms with Crippen LogP contribution in [0.5, 0.6) is 0 Å². The third-order valence-corrected chi connectivity index (χ3v) is 12.8. The summed E-state index contributed by atoms with van der Waals surface area (Å²) >= 11 is 0. The second-order valence-electron chi connectivity index (χ2n) is 22.4. The molecule has 6 rings (SSSR count). The van der Waals surface area contributed by atoms with Crippen molar-refractivity contribution in [1.29, 1.82) is 0 Å². The highest BCUT2D eigenvalue weighted by molar-refractivity contribution is 5.76. The summed E-state index contributed by atoms with van der Waals surface area (Å²) < 4.78 is 34.8. The van der Waals surface area contributed by atoms with E-state index in [9.17, 15) is 14.4 Å². The van der Waals surface area contributed by atoms with E-state index in [-0.39, 0.29) is 42.0 Å². The number of aryl methyl sites for hydroxylation is 4. The van der Waals surface area contributed by atoms with E-state index in [4.69, 9.17) is 38.5 Å². The second kappa shape index (κ2) is 27.9. The van der Waals surface area contributed by atoms with Crippen molar-refractivity contribution in [2.75, 3.05) is 6.54 Å². The lowest BCUT2D eigenvalue weighted by atomic mass is 9.85. The number of nitrogens with one attached hydrogen (secondary N) is 1. The average Bonchev–Trinajstić information content (AvgIpc) is 3.86. The number of rotatable bonds is 18. The van der Waals surface area contributed by atoms with Gasteiger partial charge in [0.1, 0.15) is 52.5 Å². The normalized spacial score (nSPS) is 19.2. The van der Waals surface area contributed by atoms with E-state index in [1.807, 2.05) is 93.5 Å². The van der Waals surface area contributed by atoms with Gasteiger partial charge < -0.3 is 43.6 Å². The number of nitrogens with zero attached hydrogens (tertiary/aromatic N) is 2. The molecule has 0 saturated heterocycles. The number of aromatic nitrogens is 2. The molecule has 13 nitrogen and oxygen atoms in total. The summed E-state index contributed by atoms with van der Waals surface area (Å²) in [5.41, 5.74) is 10.8. The summed E-state index contributed by atoms with van der Waals surface area (Å²) in [5, 5.41) is 3.45. The largest absolute Gasteiger partial charge is 0.459 e. The molecule has 0 spiro atoms. The molecule has 2 aliphatic carbocycles. The monoisotopic (exact) mass is 985 g/mol. The fraction of sp³-hybridized carbons (Fsp3) is 0.638. The Morgan fingerprint density at radius 3 is 1.61 bits per heavy atom. The SMILES string of the molecule is CC(C)[C@H](N)C(=O)OC(C)(C)C.Cc1cccc(-c2nc(COC3CCCC(CC=O)C3)c(C)o2)c1.Cc1cccc(-c2nc(COC3CCCC(CCN[C@H](C(=O)OC(C)(C)C)C(C)C)C3)c(C)o2)c1. The Labute approximate surface area is 425 Å². The molecule has 394 valence electrons. The van der Waals surface area contributed by atoms with Crippen molar-refractivity contribution >= 4 is 18.2 Å². The van der Waals surface area contributed by atoms with Crippen molar-refractivity contribution in [3.05, 3.63) is 82.6 Å². The number of hydrogen-bond donors (Lipinski definition) is 2. The average molecular weight is 985 g/mol. The van der Waals surface area contributed by atoms with Gasteiger partial charge in [-0.3, -0.25) is 9.59 Å². The first-order valence-corrected chi connectivity index (χ1v) is 26.1. The zero-order chi connectivity index (χ0) is 52.5. The van der Waals surface area contributed by atoms with Gasteiger partial charge in [-0.2, -0.15) is 0 Å². The van der Waals surface area contributed by atoms with Gasteiger partial charge in [-0.1, -0.05) is 82.3 Å². The van der Waals surface area contributed by atoms with Crippen LogP contribution < -0.4 is 11.1 Å². The Kier molecular flexibility index (Phi) is 23.2. The van der Waals surface area contributed by atoms with E-state index in [2.05, 4.69) is 62.3 Å². The van der Waals surface area contributed by atoms with Gasteiger partial charge in [0, 0.05) is 17.5 Å². The van der Waals surface area contributed by atoms with Crippen LogP contribution in [-0.2, 0) is 46.5 Å². The van der Waals surface area contributed by atoms with Crippen molar-refractivity contribution in [2.24, 2.45) is 29.4 Å². The first-order valence-electron chi connectivity index (χ1n) is 26.1. The minimum atomic E-state index is -0.510. The first-order chi connectivity index (χ1) is 33.4. The molecule has 71 heavy (non-hydrogen) atoms. The molecule has 3 N–H and O–H groups in total. The first kappa shape index (κ1) is 58.9. The maximum Gasteiger partial charge on any atom is 0.323 e. The minimum absolute atomic E-state index is 0.125. The minimum Gasteiger partial charge on any atom is -0.459 e. The fourth-order valence-electron chi connectivity index (χ4n) is 8.76. The van der Waals surface area contributed by atoms with E-state index in [1.165, 1.54) is 24.0 Å². The number of oxazole rings is 2. The maximum atomic E-state index is 12.6. The number of aldehydes is 1. The zero-order valence-electron chi connectivity index (χ0n) is 45.7. The highest BCUT2D eigenvalue weighted by Gasteiger charge is 2.29. The molecule has 0 amide bonds. The molecule has 4 aromatic rings. The predicted molar refractivity (Wildman–Crippen MR) is 280 cm³/mol. The Morgan fingerprint density at radius 1 is 0.704 bits per heavy atom. The molecule has 2 fully saturated rings. The predicted octanol–water partition coefficient (Wildman–Crippen LogP) is 12.3. The van der Waals surface area contributed by atoms with Gasteiger partial charge in [-0.25, -0.2) is 9.97 Å². The number of hydrogen-bond acceptors (Lipinski definition) is 13. The summed E-state index contributed by atoms with van der Waals surface area (Å²) in [6, 6.07) is 15.6. The maximum absolute atomic E-state index is 12.6. The molecule has 2 aromatic heterocycles. The number of carbonyl (C=O) groups excluding carboxylic acids is 3. The number of nitrogens with two attached hydrogens (primary N) is 1. The van der Waals surface area contributed by atoms with Gasteiger partial charge in [0.2, 0.25) is 11.8 Å². The highest BCUT2D eigenvalue weighted by atomic mass is 16.6. The van der Waals surface area contributed by atoms with Crippen molar-refractivity contribution in [3.63, 3.8) is 0 Å². The van der Waals surface area contributed by atoms with Crippen LogP contribution in [0.4, 0.5) is 0 Å². The van der Waals surface area contributed by atoms with Crippen LogP contribution >= 0.6 is 0 Å². The van der Waals surface area contributed by atoms with E-state index in [0.29, 0.717) is 43.3 Å². The van der Waals surface area contributed by atoms with E-state index >= 15 is 0 Å². The zero-order valence-corrected chi connectivity index (χ0v) is 45.7. The van der Waals surface area contributed by atoms with E-state index < -0.39 is 17.2 Å². The molecule has 2 aliphatic rings. The van der Waals surface area contributed by atoms with Crippen molar-refractivity contribution in [2.45, 2.75) is 210 Å². The molecule has 0 aliphatic heterocycles. The molecule has 2 heterocycles. The number of ether oxygens (including phenoxy) is 4.